The summed E-state index contributed by atoms with van der Waals surface area (Å²) < 4.78 is 9.30. The molecule has 0 aromatic carbocycles. The van der Waals surface area contributed by atoms with Crippen LogP contribution in [0.25, 0.3) is 0 Å². The van der Waals surface area contributed by atoms with Gasteiger partial charge in [-0.25, -0.2) is 0 Å². The van der Waals surface area contributed by atoms with E-state index in [-0.39, 0.29) is 0 Å². The van der Waals surface area contributed by atoms with Gasteiger partial charge < -0.3 is 20.3 Å². The highest BCUT2D eigenvalue weighted by atomic mass is 16.8. The predicted octanol–water partition coefficient (Wildman–Crippen LogP) is -0.337. The number of hydrogen-bond acceptors (Lipinski definition) is 4. The second kappa shape index (κ2) is 3.88. The Kier molecular flexibility index (Phi) is 3.81. The number of aliphatic hydroxyl groups is 1. The van der Waals surface area contributed by atoms with E-state index in [1.54, 1.807) is 0 Å². The van der Waals surface area contributed by atoms with E-state index in [2.05, 4.69) is 9.47 Å². The van der Waals surface area contributed by atoms with Crippen molar-refractivity contribution in [1.29, 1.82) is 0 Å². The highest BCUT2D eigenvalue weighted by molar-refractivity contribution is 4.69. The van der Waals surface area contributed by atoms with E-state index in [0.29, 0.717) is 6.42 Å². The van der Waals surface area contributed by atoms with Crippen molar-refractivity contribution in [2.24, 2.45) is 5.73 Å². The van der Waals surface area contributed by atoms with E-state index < -0.39 is 12.0 Å². The van der Waals surface area contributed by atoms with Crippen molar-refractivity contribution in [3.63, 3.8) is 0 Å². The fourth-order valence-electron chi connectivity index (χ4n) is 0.644. The van der Waals surface area contributed by atoms with Gasteiger partial charge in [-0.15, -0.1) is 0 Å². The normalized spacial score (nSPS) is 15.3. The second-order valence-electron chi connectivity index (χ2n) is 2.05. The van der Waals surface area contributed by atoms with Gasteiger partial charge in [0.2, 0.25) is 0 Å². The first-order valence-corrected chi connectivity index (χ1v) is 3.19. The Morgan fingerprint density at radius 2 is 1.90 bits per heavy atom. The van der Waals surface area contributed by atoms with Crippen molar-refractivity contribution in [3.05, 3.63) is 0 Å². The Hall–Kier alpha value is -0.160. The van der Waals surface area contributed by atoms with Gasteiger partial charge in [0.05, 0.1) is 6.04 Å². The summed E-state index contributed by atoms with van der Waals surface area (Å²) in [6, 6.07) is -0.512. The number of nitrogens with two attached hydrogens (primary N) is 1. The summed E-state index contributed by atoms with van der Waals surface area (Å²) in [5, 5.41) is 9.33. The molecule has 0 aliphatic heterocycles. The van der Waals surface area contributed by atoms with Crippen LogP contribution >= 0.6 is 0 Å². The molecule has 0 saturated heterocycles. The first-order valence-electron chi connectivity index (χ1n) is 3.19. The summed E-state index contributed by atoms with van der Waals surface area (Å²) in [5.41, 5.74) is 5.47. The van der Waals surface area contributed by atoms with Gasteiger partial charge in [-0.3, -0.25) is 0 Å². The summed E-state index contributed by atoms with van der Waals surface area (Å²) in [5.74, 6) is -1.63. The van der Waals surface area contributed by atoms with Crippen LogP contribution in [0.5, 0.6) is 0 Å². The predicted molar refractivity (Wildman–Crippen MR) is 37.2 cm³/mol. The molecular weight excluding hydrogens is 134 g/mol. The van der Waals surface area contributed by atoms with Crippen molar-refractivity contribution >= 4 is 0 Å². The van der Waals surface area contributed by atoms with Crippen LogP contribution < -0.4 is 5.73 Å². The lowest BCUT2D eigenvalue weighted by atomic mass is 10.2. The van der Waals surface area contributed by atoms with Gasteiger partial charge in [0.25, 0.3) is 5.97 Å². The monoisotopic (exact) mass is 149 g/mol. The maximum Gasteiger partial charge on any atom is 0.295 e. The molecule has 1 atom stereocenters. The average molecular weight is 149 g/mol. The number of hydrogen-bond donors (Lipinski definition) is 2. The minimum atomic E-state index is -1.63. The van der Waals surface area contributed by atoms with Gasteiger partial charge in [0.1, 0.15) is 0 Å². The van der Waals surface area contributed by atoms with Crippen molar-refractivity contribution in [2.75, 3.05) is 14.2 Å². The summed E-state index contributed by atoms with van der Waals surface area (Å²) in [4.78, 5) is 0. The van der Waals surface area contributed by atoms with Crippen molar-refractivity contribution in [3.8, 4) is 0 Å². The van der Waals surface area contributed by atoms with E-state index in [0.717, 1.165) is 0 Å². The van der Waals surface area contributed by atoms with Crippen LogP contribution in [0.4, 0.5) is 0 Å². The maximum atomic E-state index is 9.33. The van der Waals surface area contributed by atoms with E-state index in [4.69, 9.17) is 5.73 Å². The third-order valence-electron chi connectivity index (χ3n) is 1.49. The van der Waals surface area contributed by atoms with Crippen molar-refractivity contribution < 1.29 is 14.6 Å². The standard InChI is InChI=1S/C6H15NO3/c1-4-5(7)6(8,9-2)10-3/h5,8H,4,7H2,1-3H3. The summed E-state index contributed by atoms with van der Waals surface area (Å²) in [6.45, 7) is 1.84. The largest absolute Gasteiger partial charge is 0.342 e. The molecule has 0 saturated carbocycles. The summed E-state index contributed by atoms with van der Waals surface area (Å²) in [7, 11) is 2.69. The van der Waals surface area contributed by atoms with E-state index in [1.165, 1.54) is 14.2 Å². The van der Waals surface area contributed by atoms with Gasteiger partial charge in [-0.2, -0.15) is 0 Å². The molecule has 0 amide bonds. The molecule has 4 heteroatoms. The van der Waals surface area contributed by atoms with Gasteiger partial charge in [0, 0.05) is 14.2 Å². The van der Waals surface area contributed by atoms with Gasteiger partial charge >= 0.3 is 0 Å². The molecule has 10 heavy (non-hydrogen) atoms. The zero-order valence-corrected chi connectivity index (χ0v) is 6.63. The average Bonchev–Trinajstić information content (AvgIpc) is 2.01. The number of ether oxygens (including phenoxy) is 2. The first-order chi connectivity index (χ1) is 4.60. The smallest absolute Gasteiger partial charge is 0.295 e. The van der Waals surface area contributed by atoms with Crippen LogP contribution in [-0.4, -0.2) is 31.3 Å². The first kappa shape index (κ1) is 9.84. The quantitative estimate of drug-likeness (QED) is 0.537. The lowest BCUT2D eigenvalue weighted by Gasteiger charge is -2.29. The molecule has 0 aromatic heterocycles. The minimum Gasteiger partial charge on any atom is -0.342 e. The van der Waals surface area contributed by atoms with E-state index in [9.17, 15) is 5.11 Å². The minimum absolute atomic E-state index is 0.512. The Morgan fingerprint density at radius 3 is 2.00 bits per heavy atom. The molecule has 0 aliphatic rings. The molecule has 62 valence electrons. The third kappa shape index (κ3) is 1.91. The topological polar surface area (TPSA) is 64.7 Å². The molecule has 0 spiro atoms. The molecule has 0 bridgehead atoms. The molecule has 4 nitrogen and oxygen atoms in total. The van der Waals surface area contributed by atoms with Crippen LogP contribution in [0.2, 0.25) is 0 Å². The molecule has 0 rings (SSSR count). The number of rotatable bonds is 4. The zero-order chi connectivity index (χ0) is 8.20. The molecule has 0 radical (unpaired) electrons. The second-order valence-corrected chi connectivity index (χ2v) is 2.05. The zero-order valence-electron chi connectivity index (χ0n) is 6.63. The van der Waals surface area contributed by atoms with Crippen molar-refractivity contribution in [2.45, 2.75) is 25.4 Å². The molecule has 3 N–H and O–H groups in total. The van der Waals surface area contributed by atoms with E-state index in [1.807, 2.05) is 6.92 Å². The molecule has 0 aromatic rings. The lowest BCUT2D eigenvalue weighted by molar-refractivity contribution is -0.349. The summed E-state index contributed by atoms with van der Waals surface area (Å²) >= 11 is 0. The van der Waals surface area contributed by atoms with Gasteiger partial charge in [-0.05, 0) is 6.42 Å². The van der Waals surface area contributed by atoms with Crippen LogP contribution in [0.3, 0.4) is 0 Å². The van der Waals surface area contributed by atoms with Crippen LogP contribution in [0.15, 0.2) is 0 Å². The van der Waals surface area contributed by atoms with Crippen LogP contribution in [-0.2, 0) is 9.47 Å². The maximum absolute atomic E-state index is 9.33. The Morgan fingerprint density at radius 1 is 1.50 bits per heavy atom. The Labute approximate surface area is 60.9 Å². The Bertz CT molecular complexity index is 93.0. The fourth-order valence-corrected chi connectivity index (χ4v) is 0.644. The third-order valence-corrected chi connectivity index (χ3v) is 1.49. The van der Waals surface area contributed by atoms with Crippen molar-refractivity contribution in [1.82, 2.24) is 0 Å². The van der Waals surface area contributed by atoms with E-state index >= 15 is 0 Å². The van der Waals surface area contributed by atoms with Crippen LogP contribution in [0.1, 0.15) is 13.3 Å². The van der Waals surface area contributed by atoms with Gasteiger partial charge in [0.15, 0.2) is 0 Å². The molecule has 0 heterocycles. The number of methoxy groups -OCH3 is 2. The SMILES string of the molecule is CCC(N)C(O)(OC)OC. The highest BCUT2D eigenvalue weighted by Crippen LogP contribution is 2.12. The molecular formula is C6H15NO3. The molecule has 0 aliphatic carbocycles. The Balaban J connectivity index is 4.02. The fraction of sp³-hybridized carbons (Fsp3) is 1.00. The lowest BCUT2D eigenvalue weighted by Crippen LogP contribution is -2.50. The van der Waals surface area contributed by atoms with Gasteiger partial charge in [-0.1, -0.05) is 6.92 Å². The molecule has 1 unspecified atom stereocenters. The highest BCUT2D eigenvalue weighted by Gasteiger charge is 2.33. The molecule has 0 fully saturated rings. The summed E-state index contributed by atoms with van der Waals surface area (Å²) in [6.07, 6.45) is 0.595. The van der Waals surface area contributed by atoms with Crippen LogP contribution in [0, 0.1) is 0 Å².